The standard InChI is InChI=1S/C13H16N2O2/c1-3-9-5-4-6-10-13(9)14-11(15(10)2)7-8-12(16)17/h4-6H,3,7-8H2,1-2H3,(H,16,17). The predicted molar refractivity (Wildman–Crippen MR) is 66.0 cm³/mol. The number of aryl methyl sites for hydroxylation is 3. The van der Waals surface area contributed by atoms with Gasteiger partial charge in [0.1, 0.15) is 5.82 Å². The Labute approximate surface area is 99.9 Å². The molecule has 0 spiro atoms. The van der Waals surface area contributed by atoms with E-state index in [-0.39, 0.29) is 6.42 Å². The fourth-order valence-corrected chi connectivity index (χ4v) is 2.05. The number of aromatic nitrogens is 2. The van der Waals surface area contributed by atoms with Crippen molar-refractivity contribution in [3.05, 3.63) is 29.6 Å². The number of carbonyl (C=O) groups is 1. The van der Waals surface area contributed by atoms with Gasteiger partial charge in [0.25, 0.3) is 0 Å². The summed E-state index contributed by atoms with van der Waals surface area (Å²) in [6, 6.07) is 6.10. The summed E-state index contributed by atoms with van der Waals surface area (Å²) in [6.07, 6.45) is 1.54. The Hall–Kier alpha value is -1.84. The SMILES string of the molecule is CCc1cccc2c1nc(CCC(=O)O)n2C. The Morgan fingerprint density at radius 1 is 1.47 bits per heavy atom. The molecule has 0 bridgehead atoms. The van der Waals surface area contributed by atoms with Crippen molar-refractivity contribution in [2.24, 2.45) is 7.05 Å². The van der Waals surface area contributed by atoms with Crippen LogP contribution in [0.5, 0.6) is 0 Å². The summed E-state index contributed by atoms with van der Waals surface area (Å²) in [7, 11) is 1.94. The average molecular weight is 232 g/mol. The second kappa shape index (κ2) is 4.57. The number of nitrogens with zero attached hydrogens (tertiary/aromatic N) is 2. The average Bonchev–Trinajstić information content (AvgIpc) is 2.64. The van der Waals surface area contributed by atoms with Crippen molar-refractivity contribution in [3.63, 3.8) is 0 Å². The van der Waals surface area contributed by atoms with E-state index in [2.05, 4.69) is 18.0 Å². The number of fused-ring (bicyclic) bond motifs is 1. The number of para-hydroxylation sites is 1. The van der Waals surface area contributed by atoms with Crippen LogP contribution >= 0.6 is 0 Å². The van der Waals surface area contributed by atoms with Gasteiger partial charge in [-0.3, -0.25) is 4.79 Å². The van der Waals surface area contributed by atoms with Crippen molar-refractivity contribution in [2.75, 3.05) is 0 Å². The molecular formula is C13H16N2O2. The lowest BCUT2D eigenvalue weighted by Crippen LogP contribution is -2.03. The Bertz CT molecular complexity index is 558. The number of rotatable bonds is 4. The van der Waals surface area contributed by atoms with Crippen LogP contribution in [0.1, 0.15) is 24.7 Å². The molecule has 4 heteroatoms. The highest BCUT2D eigenvalue weighted by Crippen LogP contribution is 2.20. The topological polar surface area (TPSA) is 55.1 Å². The summed E-state index contributed by atoms with van der Waals surface area (Å²) in [4.78, 5) is 15.1. The van der Waals surface area contributed by atoms with Crippen LogP contribution in [0.25, 0.3) is 11.0 Å². The smallest absolute Gasteiger partial charge is 0.303 e. The van der Waals surface area contributed by atoms with Crippen LogP contribution in [0.15, 0.2) is 18.2 Å². The van der Waals surface area contributed by atoms with Gasteiger partial charge in [-0.25, -0.2) is 4.98 Å². The molecule has 0 saturated heterocycles. The van der Waals surface area contributed by atoms with Gasteiger partial charge in [-0.15, -0.1) is 0 Å². The maximum absolute atomic E-state index is 10.6. The molecule has 0 saturated carbocycles. The van der Waals surface area contributed by atoms with E-state index >= 15 is 0 Å². The third kappa shape index (κ3) is 2.16. The minimum atomic E-state index is -0.784. The molecule has 1 aromatic carbocycles. The van der Waals surface area contributed by atoms with E-state index in [0.29, 0.717) is 6.42 Å². The number of hydrogen-bond acceptors (Lipinski definition) is 2. The minimum Gasteiger partial charge on any atom is -0.481 e. The number of hydrogen-bond donors (Lipinski definition) is 1. The summed E-state index contributed by atoms with van der Waals surface area (Å²) < 4.78 is 1.98. The predicted octanol–water partition coefficient (Wildman–Crippen LogP) is 2.15. The van der Waals surface area contributed by atoms with Gasteiger partial charge in [-0.1, -0.05) is 19.1 Å². The first-order valence-corrected chi connectivity index (χ1v) is 5.78. The lowest BCUT2D eigenvalue weighted by molar-refractivity contribution is -0.137. The zero-order chi connectivity index (χ0) is 12.4. The van der Waals surface area contributed by atoms with Crippen LogP contribution < -0.4 is 0 Å². The van der Waals surface area contributed by atoms with Crippen molar-refractivity contribution in [1.82, 2.24) is 9.55 Å². The largest absolute Gasteiger partial charge is 0.481 e. The van der Waals surface area contributed by atoms with Crippen LogP contribution in [0.4, 0.5) is 0 Å². The Morgan fingerprint density at radius 3 is 2.88 bits per heavy atom. The van der Waals surface area contributed by atoms with Gasteiger partial charge in [0.2, 0.25) is 0 Å². The van der Waals surface area contributed by atoms with E-state index in [9.17, 15) is 4.79 Å². The highest BCUT2D eigenvalue weighted by atomic mass is 16.4. The molecule has 0 aliphatic heterocycles. The van der Waals surface area contributed by atoms with Crippen molar-refractivity contribution in [3.8, 4) is 0 Å². The van der Waals surface area contributed by atoms with Crippen molar-refractivity contribution in [1.29, 1.82) is 0 Å². The summed E-state index contributed by atoms with van der Waals surface area (Å²) in [5.74, 6) is 0.0519. The normalized spacial score (nSPS) is 10.9. The molecule has 4 nitrogen and oxygen atoms in total. The number of benzene rings is 1. The number of carboxylic acid groups (broad SMARTS) is 1. The molecular weight excluding hydrogens is 216 g/mol. The lowest BCUT2D eigenvalue weighted by atomic mass is 10.1. The van der Waals surface area contributed by atoms with Gasteiger partial charge in [0.05, 0.1) is 17.5 Å². The van der Waals surface area contributed by atoms with Crippen LogP contribution in [0.3, 0.4) is 0 Å². The van der Waals surface area contributed by atoms with E-state index in [4.69, 9.17) is 5.11 Å². The van der Waals surface area contributed by atoms with Crippen LogP contribution in [0, 0.1) is 0 Å². The van der Waals surface area contributed by atoms with Crippen LogP contribution in [-0.4, -0.2) is 20.6 Å². The fraction of sp³-hybridized carbons (Fsp3) is 0.385. The first-order chi connectivity index (χ1) is 8.13. The van der Waals surface area contributed by atoms with Gasteiger partial charge in [-0.05, 0) is 18.1 Å². The van der Waals surface area contributed by atoms with Gasteiger partial charge >= 0.3 is 5.97 Å². The van der Waals surface area contributed by atoms with Gasteiger partial charge in [0, 0.05) is 13.5 Å². The van der Waals surface area contributed by atoms with Crippen molar-refractivity contribution < 1.29 is 9.90 Å². The zero-order valence-corrected chi connectivity index (χ0v) is 10.1. The van der Waals surface area contributed by atoms with Gasteiger partial charge < -0.3 is 9.67 Å². The molecule has 0 unspecified atom stereocenters. The fourth-order valence-electron chi connectivity index (χ4n) is 2.05. The van der Waals surface area contributed by atoms with Crippen molar-refractivity contribution in [2.45, 2.75) is 26.2 Å². The molecule has 0 fully saturated rings. The Balaban J connectivity index is 2.45. The lowest BCUT2D eigenvalue weighted by Gasteiger charge is -2.00. The van der Waals surface area contributed by atoms with E-state index in [1.165, 1.54) is 5.56 Å². The molecule has 0 aliphatic rings. The Morgan fingerprint density at radius 2 is 2.24 bits per heavy atom. The molecule has 17 heavy (non-hydrogen) atoms. The Kier molecular flexibility index (Phi) is 3.13. The monoisotopic (exact) mass is 232 g/mol. The van der Waals surface area contributed by atoms with Gasteiger partial charge in [-0.2, -0.15) is 0 Å². The maximum atomic E-state index is 10.6. The van der Waals surface area contributed by atoms with E-state index in [0.717, 1.165) is 23.3 Å². The molecule has 0 atom stereocenters. The zero-order valence-electron chi connectivity index (χ0n) is 10.1. The molecule has 0 aliphatic carbocycles. The summed E-state index contributed by atoms with van der Waals surface area (Å²) in [5, 5.41) is 8.70. The molecule has 0 amide bonds. The summed E-state index contributed by atoms with van der Waals surface area (Å²) >= 11 is 0. The number of imidazole rings is 1. The minimum absolute atomic E-state index is 0.124. The molecule has 2 rings (SSSR count). The third-order valence-corrected chi connectivity index (χ3v) is 3.03. The quantitative estimate of drug-likeness (QED) is 0.878. The summed E-state index contributed by atoms with van der Waals surface area (Å²) in [6.45, 7) is 2.10. The second-order valence-electron chi connectivity index (χ2n) is 4.12. The second-order valence-corrected chi connectivity index (χ2v) is 4.12. The van der Waals surface area contributed by atoms with Gasteiger partial charge in [0.15, 0.2) is 0 Å². The highest BCUT2D eigenvalue weighted by molar-refractivity contribution is 5.79. The number of carboxylic acids is 1. The van der Waals surface area contributed by atoms with Crippen LogP contribution in [0.2, 0.25) is 0 Å². The summed E-state index contributed by atoms with van der Waals surface area (Å²) in [5.41, 5.74) is 3.28. The van der Waals surface area contributed by atoms with Crippen LogP contribution in [-0.2, 0) is 24.7 Å². The molecule has 2 aromatic rings. The van der Waals surface area contributed by atoms with E-state index in [1.807, 2.05) is 23.7 Å². The molecule has 1 heterocycles. The molecule has 1 aromatic heterocycles. The first kappa shape index (κ1) is 11.6. The molecule has 1 N–H and O–H groups in total. The first-order valence-electron chi connectivity index (χ1n) is 5.78. The number of aliphatic carboxylic acids is 1. The van der Waals surface area contributed by atoms with E-state index < -0.39 is 5.97 Å². The maximum Gasteiger partial charge on any atom is 0.303 e. The molecule has 0 radical (unpaired) electrons. The van der Waals surface area contributed by atoms with E-state index in [1.54, 1.807) is 0 Å². The van der Waals surface area contributed by atoms with Crippen molar-refractivity contribution >= 4 is 17.0 Å². The highest BCUT2D eigenvalue weighted by Gasteiger charge is 2.11. The molecule has 90 valence electrons. The third-order valence-electron chi connectivity index (χ3n) is 3.03.